The van der Waals surface area contributed by atoms with Crippen LogP contribution in [0.15, 0.2) is 49.1 Å². The van der Waals surface area contributed by atoms with Gasteiger partial charge in [-0.2, -0.15) is 5.10 Å². The first-order valence-corrected chi connectivity index (χ1v) is 11.1. The lowest BCUT2D eigenvalue weighted by Gasteiger charge is -2.09. The number of aromatic nitrogens is 5. The summed E-state index contributed by atoms with van der Waals surface area (Å²) < 4.78 is 1.73. The minimum absolute atomic E-state index is 0.141. The lowest BCUT2D eigenvalue weighted by atomic mass is 10.1. The van der Waals surface area contributed by atoms with E-state index in [2.05, 4.69) is 40.3 Å². The molecule has 0 aromatic carbocycles. The van der Waals surface area contributed by atoms with Gasteiger partial charge in [0.15, 0.2) is 0 Å². The number of thiophene rings is 1. The largest absolute Gasteiger partial charge is 0.348 e. The number of aryl methyl sites for hydroxylation is 2. The van der Waals surface area contributed by atoms with Gasteiger partial charge in [-0.15, -0.1) is 11.3 Å². The Kier molecular flexibility index (Phi) is 5.07. The van der Waals surface area contributed by atoms with E-state index in [9.17, 15) is 4.79 Å². The molecule has 0 bridgehead atoms. The van der Waals surface area contributed by atoms with Gasteiger partial charge in [-0.25, -0.2) is 14.6 Å². The highest BCUT2D eigenvalue weighted by Gasteiger charge is 2.33. The van der Waals surface area contributed by atoms with Crippen molar-refractivity contribution in [3.63, 3.8) is 0 Å². The first-order valence-electron chi connectivity index (χ1n) is 10.3. The fraction of sp³-hybridized carbons (Fsp3) is 0.261. The number of pyridine rings is 1. The number of carbonyl (C=O) groups excluding carboxylic acids is 1. The Morgan fingerprint density at radius 1 is 1.23 bits per heavy atom. The fourth-order valence-corrected chi connectivity index (χ4v) is 4.64. The van der Waals surface area contributed by atoms with Crippen molar-refractivity contribution in [3.8, 4) is 17.2 Å². The molecular formula is C23H22N6OS. The number of hydrogen-bond acceptors (Lipinski definition) is 6. The molecule has 0 atom stereocenters. The van der Waals surface area contributed by atoms with E-state index >= 15 is 0 Å². The van der Waals surface area contributed by atoms with Crippen molar-refractivity contribution in [2.45, 2.75) is 39.2 Å². The van der Waals surface area contributed by atoms with E-state index in [1.807, 2.05) is 18.2 Å². The summed E-state index contributed by atoms with van der Waals surface area (Å²) in [5.74, 6) is 0.658. The van der Waals surface area contributed by atoms with Gasteiger partial charge in [-0.05, 0) is 50.5 Å². The van der Waals surface area contributed by atoms with Crippen LogP contribution in [0.1, 0.15) is 50.1 Å². The van der Waals surface area contributed by atoms with Gasteiger partial charge in [0.1, 0.15) is 0 Å². The fourth-order valence-electron chi connectivity index (χ4n) is 3.71. The molecule has 0 aliphatic heterocycles. The Morgan fingerprint density at radius 3 is 2.81 bits per heavy atom. The van der Waals surface area contributed by atoms with E-state index < -0.39 is 0 Å². The van der Waals surface area contributed by atoms with Crippen LogP contribution in [0.2, 0.25) is 0 Å². The lowest BCUT2D eigenvalue weighted by molar-refractivity contribution is 0.0950. The summed E-state index contributed by atoms with van der Waals surface area (Å²) in [5, 5.41) is 7.49. The second kappa shape index (κ2) is 8.03. The van der Waals surface area contributed by atoms with Crippen LogP contribution in [-0.4, -0.2) is 30.6 Å². The van der Waals surface area contributed by atoms with Crippen molar-refractivity contribution in [3.05, 3.63) is 75.6 Å². The molecular weight excluding hydrogens is 408 g/mol. The first kappa shape index (κ1) is 19.6. The predicted octanol–water partition coefficient (Wildman–Crippen LogP) is 4.21. The van der Waals surface area contributed by atoms with Gasteiger partial charge >= 0.3 is 0 Å². The van der Waals surface area contributed by atoms with Crippen molar-refractivity contribution in [1.29, 1.82) is 0 Å². The molecule has 1 saturated carbocycles. The standard InChI is InChI=1S/C23H22N6OS/c1-14-10-18(15(2)31-14)20-7-9-25-23(28-20)29-21(17-5-6-17)19(13-27-29)22(30)26-12-16-4-3-8-24-11-16/h3-4,7-11,13,17H,5-6,12H2,1-2H3,(H,26,30). The summed E-state index contributed by atoms with van der Waals surface area (Å²) in [7, 11) is 0. The van der Waals surface area contributed by atoms with Crippen LogP contribution in [0, 0.1) is 13.8 Å². The topological polar surface area (TPSA) is 85.6 Å². The molecule has 8 heteroatoms. The number of nitrogens with one attached hydrogen (secondary N) is 1. The Bertz CT molecular complexity index is 1240. The van der Waals surface area contributed by atoms with Crippen molar-refractivity contribution in [2.75, 3.05) is 0 Å². The smallest absolute Gasteiger partial charge is 0.255 e. The van der Waals surface area contributed by atoms with E-state index in [4.69, 9.17) is 4.98 Å². The molecule has 1 amide bonds. The maximum atomic E-state index is 12.9. The maximum absolute atomic E-state index is 12.9. The summed E-state index contributed by atoms with van der Waals surface area (Å²) in [6, 6.07) is 7.86. The molecule has 31 heavy (non-hydrogen) atoms. The molecule has 0 unspecified atom stereocenters. The highest BCUT2D eigenvalue weighted by molar-refractivity contribution is 7.12. The molecule has 1 fully saturated rings. The van der Waals surface area contributed by atoms with Gasteiger partial charge in [-0.1, -0.05) is 6.07 Å². The van der Waals surface area contributed by atoms with Crippen LogP contribution in [-0.2, 0) is 6.54 Å². The number of carbonyl (C=O) groups is 1. The molecule has 156 valence electrons. The molecule has 1 N–H and O–H groups in total. The Hall–Kier alpha value is -3.39. The van der Waals surface area contributed by atoms with Crippen LogP contribution < -0.4 is 5.32 Å². The van der Waals surface area contributed by atoms with E-state index in [0.717, 1.165) is 35.4 Å². The van der Waals surface area contributed by atoms with Crippen LogP contribution in [0.25, 0.3) is 17.2 Å². The first-order chi connectivity index (χ1) is 15.1. The average Bonchev–Trinajstić information content (AvgIpc) is 3.43. The number of nitrogens with zero attached hydrogens (tertiary/aromatic N) is 5. The summed E-state index contributed by atoms with van der Waals surface area (Å²) in [6.45, 7) is 4.62. The van der Waals surface area contributed by atoms with Crippen LogP contribution in [0.4, 0.5) is 0 Å². The molecule has 0 saturated heterocycles. The lowest BCUT2D eigenvalue weighted by Crippen LogP contribution is -2.24. The van der Waals surface area contributed by atoms with Gasteiger partial charge in [0.25, 0.3) is 11.9 Å². The zero-order chi connectivity index (χ0) is 21.4. The second-order valence-corrected chi connectivity index (χ2v) is 9.20. The summed E-state index contributed by atoms with van der Waals surface area (Å²) >= 11 is 1.76. The molecule has 4 aromatic heterocycles. The van der Waals surface area contributed by atoms with Gasteiger partial charge in [0.05, 0.1) is 23.1 Å². The Labute approximate surface area is 184 Å². The Balaban J connectivity index is 1.46. The molecule has 1 aliphatic carbocycles. The molecule has 1 aliphatic rings. The van der Waals surface area contributed by atoms with E-state index in [1.54, 1.807) is 40.8 Å². The molecule has 4 aromatic rings. The zero-order valence-corrected chi connectivity index (χ0v) is 18.2. The average molecular weight is 431 g/mol. The van der Waals surface area contributed by atoms with Gasteiger partial charge in [0.2, 0.25) is 0 Å². The third-order valence-electron chi connectivity index (χ3n) is 5.34. The normalized spacial score (nSPS) is 13.4. The molecule has 4 heterocycles. The molecule has 0 radical (unpaired) electrons. The van der Waals surface area contributed by atoms with E-state index in [-0.39, 0.29) is 5.91 Å². The molecule has 5 rings (SSSR count). The van der Waals surface area contributed by atoms with E-state index in [0.29, 0.717) is 24.0 Å². The van der Waals surface area contributed by atoms with Gasteiger partial charge < -0.3 is 5.32 Å². The van der Waals surface area contributed by atoms with Crippen molar-refractivity contribution >= 4 is 17.2 Å². The minimum atomic E-state index is -0.141. The van der Waals surface area contributed by atoms with Crippen molar-refractivity contribution in [2.24, 2.45) is 0 Å². The van der Waals surface area contributed by atoms with Gasteiger partial charge in [-0.3, -0.25) is 9.78 Å². The molecule has 0 spiro atoms. The summed E-state index contributed by atoms with van der Waals surface area (Å²) in [4.78, 5) is 28.7. The Morgan fingerprint density at radius 2 is 2.10 bits per heavy atom. The third kappa shape index (κ3) is 3.98. The second-order valence-electron chi connectivity index (χ2n) is 7.74. The van der Waals surface area contributed by atoms with Gasteiger partial charge in [0, 0.05) is 46.4 Å². The maximum Gasteiger partial charge on any atom is 0.255 e. The monoisotopic (exact) mass is 430 g/mol. The van der Waals surface area contributed by atoms with Crippen LogP contribution in [0.3, 0.4) is 0 Å². The predicted molar refractivity (Wildman–Crippen MR) is 119 cm³/mol. The number of hydrogen-bond donors (Lipinski definition) is 1. The third-order valence-corrected chi connectivity index (χ3v) is 6.31. The summed E-state index contributed by atoms with van der Waals surface area (Å²) in [5.41, 5.74) is 4.41. The highest BCUT2D eigenvalue weighted by atomic mass is 32.1. The number of amides is 1. The van der Waals surface area contributed by atoms with Crippen molar-refractivity contribution < 1.29 is 4.79 Å². The zero-order valence-electron chi connectivity index (χ0n) is 17.4. The van der Waals surface area contributed by atoms with Crippen molar-refractivity contribution in [1.82, 2.24) is 30.0 Å². The van der Waals surface area contributed by atoms with E-state index in [1.165, 1.54) is 9.75 Å². The molecule has 7 nitrogen and oxygen atoms in total. The SMILES string of the molecule is Cc1cc(-c2ccnc(-n3ncc(C(=O)NCc4cccnc4)c3C3CC3)n2)c(C)s1. The quantitative estimate of drug-likeness (QED) is 0.495. The summed E-state index contributed by atoms with van der Waals surface area (Å²) in [6.07, 6.45) is 8.92. The highest BCUT2D eigenvalue weighted by Crippen LogP contribution is 2.42. The minimum Gasteiger partial charge on any atom is -0.348 e. The van der Waals surface area contributed by atoms with Crippen LogP contribution >= 0.6 is 11.3 Å². The number of rotatable bonds is 6. The van der Waals surface area contributed by atoms with Crippen LogP contribution in [0.5, 0.6) is 0 Å².